The third kappa shape index (κ3) is 3.06. The number of pyridine rings is 1. The Morgan fingerprint density at radius 1 is 1.35 bits per heavy atom. The van der Waals surface area contributed by atoms with Gasteiger partial charge in [-0.05, 0) is 35.7 Å². The van der Waals surface area contributed by atoms with Gasteiger partial charge < -0.3 is 5.32 Å². The smallest absolute Gasteiger partial charge is 0.148 e. The summed E-state index contributed by atoms with van der Waals surface area (Å²) in [5, 5.41) is 12.6. The summed E-state index contributed by atoms with van der Waals surface area (Å²) < 4.78 is 13.3. The van der Waals surface area contributed by atoms with E-state index in [9.17, 15) is 4.39 Å². The van der Waals surface area contributed by atoms with Crippen LogP contribution in [0.2, 0.25) is 5.02 Å². The molecule has 2 rings (SSSR count). The second kappa shape index (κ2) is 5.89. The molecule has 0 unspecified atom stereocenters. The van der Waals surface area contributed by atoms with E-state index in [2.05, 4.69) is 10.3 Å². The molecule has 0 saturated carbocycles. The lowest BCUT2D eigenvalue weighted by Crippen LogP contribution is -2.02. The minimum absolute atomic E-state index is 0.144. The van der Waals surface area contributed by atoms with Gasteiger partial charge in [0, 0.05) is 11.9 Å². The van der Waals surface area contributed by atoms with Gasteiger partial charge in [0.2, 0.25) is 0 Å². The summed E-state index contributed by atoms with van der Waals surface area (Å²) in [5.41, 5.74) is 1.90. The van der Waals surface area contributed by atoms with Crippen molar-refractivity contribution in [3.63, 3.8) is 0 Å². The van der Waals surface area contributed by atoms with Crippen molar-refractivity contribution in [1.29, 1.82) is 5.26 Å². The molecule has 0 aliphatic rings. The first-order valence-corrected chi connectivity index (χ1v) is 6.51. The second-order valence-corrected chi connectivity index (χ2v) is 5.11. The predicted octanol–water partition coefficient (Wildman–Crippen LogP) is 4.61. The third-order valence-corrected chi connectivity index (χ3v) is 3.07. The molecule has 1 aromatic carbocycles. The average molecular weight is 290 g/mol. The van der Waals surface area contributed by atoms with Gasteiger partial charge in [-0.3, -0.25) is 0 Å². The van der Waals surface area contributed by atoms with Crippen molar-refractivity contribution >= 4 is 23.1 Å². The van der Waals surface area contributed by atoms with Gasteiger partial charge in [-0.25, -0.2) is 9.37 Å². The molecular weight excluding hydrogens is 277 g/mol. The van der Waals surface area contributed by atoms with Crippen molar-refractivity contribution in [2.75, 3.05) is 5.32 Å². The van der Waals surface area contributed by atoms with E-state index in [0.717, 1.165) is 11.3 Å². The number of halogens is 2. The van der Waals surface area contributed by atoms with Crippen molar-refractivity contribution in [1.82, 2.24) is 4.98 Å². The van der Waals surface area contributed by atoms with Crippen LogP contribution in [0.4, 0.5) is 15.9 Å². The summed E-state index contributed by atoms with van der Waals surface area (Å²) >= 11 is 5.81. The van der Waals surface area contributed by atoms with Crippen LogP contribution in [0.3, 0.4) is 0 Å². The second-order valence-electron chi connectivity index (χ2n) is 4.67. The van der Waals surface area contributed by atoms with Crippen LogP contribution in [0.1, 0.15) is 30.9 Å². The molecule has 0 spiro atoms. The molecule has 0 fully saturated rings. The van der Waals surface area contributed by atoms with Crippen LogP contribution in [-0.2, 0) is 0 Å². The summed E-state index contributed by atoms with van der Waals surface area (Å²) in [5.74, 6) is 0.264. The molecule has 102 valence electrons. The van der Waals surface area contributed by atoms with Gasteiger partial charge in [0.15, 0.2) is 0 Å². The van der Waals surface area contributed by atoms with E-state index in [1.165, 1.54) is 24.4 Å². The molecule has 20 heavy (non-hydrogen) atoms. The molecule has 5 heteroatoms. The van der Waals surface area contributed by atoms with Gasteiger partial charge in [-0.15, -0.1) is 0 Å². The molecule has 2 aromatic rings. The van der Waals surface area contributed by atoms with Crippen LogP contribution in [0, 0.1) is 17.1 Å². The number of nitrogens with one attached hydrogen (secondary N) is 1. The van der Waals surface area contributed by atoms with Crippen LogP contribution in [0.15, 0.2) is 30.5 Å². The zero-order chi connectivity index (χ0) is 14.7. The maximum Gasteiger partial charge on any atom is 0.148 e. The number of hydrogen-bond donors (Lipinski definition) is 1. The van der Waals surface area contributed by atoms with E-state index in [-0.39, 0.29) is 11.7 Å². The van der Waals surface area contributed by atoms with Crippen LogP contribution < -0.4 is 5.32 Å². The first-order valence-electron chi connectivity index (χ1n) is 6.13. The number of nitriles is 1. The maximum absolute atomic E-state index is 13.3. The SMILES string of the molecule is CC(C)c1cc(F)ccc1Nc1ncc(Cl)cc1C#N. The fourth-order valence-corrected chi connectivity index (χ4v) is 2.03. The highest BCUT2D eigenvalue weighted by molar-refractivity contribution is 6.30. The summed E-state index contributed by atoms with van der Waals surface area (Å²) in [6.45, 7) is 3.95. The molecule has 1 aromatic heterocycles. The molecule has 3 nitrogen and oxygen atoms in total. The number of benzene rings is 1. The summed E-state index contributed by atoms with van der Waals surface area (Å²) in [7, 11) is 0. The van der Waals surface area contributed by atoms with Gasteiger partial charge in [-0.1, -0.05) is 25.4 Å². The zero-order valence-corrected chi connectivity index (χ0v) is 11.9. The maximum atomic E-state index is 13.3. The van der Waals surface area contributed by atoms with Crippen LogP contribution in [0.25, 0.3) is 0 Å². The third-order valence-electron chi connectivity index (χ3n) is 2.86. The Morgan fingerprint density at radius 2 is 2.10 bits per heavy atom. The number of aromatic nitrogens is 1. The van der Waals surface area contributed by atoms with E-state index in [1.54, 1.807) is 6.07 Å². The van der Waals surface area contributed by atoms with E-state index < -0.39 is 0 Å². The minimum atomic E-state index is -0.288. The fourth-order valence-electron chi connectivity index (χ4n) is 1.88. The first kappa shape index (κ1) is 14.3. The Hall–Kier alpha value is -2.12. The fraction of sp³-hybridized carbons (Fsp3) is 0.200. The van der Waals surface area contributed by atoms with E-state index >= 15 is 0 Å². The molecule has 0 atom stereocenters. The van der Waals surface area contributed by atoms with E-state index in [4.69, 9.17) is 16.9 Å². The van der Waals surface area contributed by atoms with Crippen molar-refractivity contribution in [2.45, 2.75) is 19.8 Å². The highest BCUT2D eigenvalue weighted by Crippen LogP contribution is 2.29. The standard InChI is InChI=1S/C15H13ClFN3/c1-9(2)13-6-12(17)3-4-14(13)20-15-10(7-18)5-11(16)8-19-15/h3-6,8-9H,1-2H3,(H,19,20). The minimum Gasteiger partial charge on any atom is -0.339 e. The van der Waals surface area contributed by atoms with Crippen molar-refractivity contribution < 1.29 is 4.39 Å². The average Bonchev–Trinajstić information content (AvgIpc) is 2.42. The quantitative estimate of drug-likeness (QED) is 0.897. The molecule has 0 radical (unpaired) electrons. The Bertz CT molecular complexity index is 677. The number of hydrogen-bond acceptors (Lipinski definition) is 3. The van der Waals surface area contributed by atoms with E-state index in [1.807, 2.05) is 19.9 Å². The normalized spacial score (nSPS) is 10.4. The molecule has 0 bridgehead atoms. The Balaban J connectivity index is 2.43. The Labute approximate surface area is 122 Å². The van der Waals surface area contributed by atoms with Gasteiger partial charge >= 0.3 is 0 Å². The largest absolute Gasteiger partial charge is 0.339 e. The lowest BCUT2D eigenvalue weighted by molar-refractivity contribution is 0.623. The lowest BCUT2D eigenvalue weighted by Gasteiger charge is -2.15. The topological polar surface area (TPSA) is 48.7 Å². The summed E-state index contributed by atoms with van der Waals surface area (Å²) in [6.07, 6.45) is 1.46. The molecule has 1 N–H and O–H groups in total. The van der Waals surface area contributed by atoms with Gasteiger partial charge in [0.25, 0.3) is 0 Å². The van der Waals surface area contributed by atoms with Crippen molar-refractivity contribution in [3.05, 3.63) is 52.4 Å². The van der Waals surface area contributed by atoms with Crippen LogP contribution >= 0.6 is 11.6 Å². The zero-order valence-electron chi connectivity index (χ0n) is 11.1. The van der Waals surface area contributed by atoms with Crippen LogP contribution in [0.5, 0.6) is 0 Å². The number of rotatable bonds is 3. The molecule has 0 saturated heterocycles. The predicted molar refractivity (Wildman–Crippen MR) is 77.7 cm³/mol. The Kier molecular flexibility index (Phi) is 4.21. The van der Waals surface area contributed by atoms with Gasteiger partial charge in [0.05, 0.1) is 10.6 Å². The van der Waals surface area contributed by atoms with Crippen molar-refractivity contribution in [3.8, 4) is 6.07 Å². The highest BCUT2D eigenvalue weighted by atomic mass is 35.5. The monoisotopic (exact) mass is 289 g/mol. The van der Waals surface area contributed by atoms with Gasteiger partial charge in [-0.2, -0.15) is 5.26 Å². The van der Waals surface area contributed by atoms with Gasteiger partial charge in [0.1, 0.15) is 17.7 Å². The summed E-state index contributed by atoms with van der Waals surface area (Å²) in [6, 6.07) is 8.06. The lowest BCUT2D eigenvalue weighted by atomic mass is 10.0. The molecule has 0 aliphatic carbocycles. The molecule has 0 amide bonds. The van der Waals surface area contributed by atoms with Crippen LogP contribution in [-0.4, -0.2) is 4.98 Å². The molecule has 1 heterocycles. The first-order chi connectivity index (χ1) is 9.51. The van der Waals surface area contributed by atoms with Crippen molar-refractivity contribution in [2.24, 2.45) is 0 Å². The summed E-state index contributed by atoms with van der Waals surface area (Å²) in [4.78, 5) is 4.11. The number of anilines is 2. The number of nitrogens with zero attached hydrogens (tertiary/aromatic N) is 2. The molecular formula is C15H13ClFN3. The molecule has 0 aliphatic heterocycles. The van der Waals surface area contributed by atoms with E-state index in [0.29, 0.717) is 16.4 Å². The Morgan fingerprint density at radius 3 is 2.75 bits per heavy atom. The highest BCUT2D eigenvalue weighted by Gasteiger charge is 2.11.